The highest BCUT2D eigenvalue weighted by molar-refractivity contribution is 8.00. The number of carbonyl (C=O) groups is 4. The van der Waals surface area contributed by atoms with Gasteiger partial charge in [-0.1, -0.05) is 104 Å². The predicted molar refractivity (Wildman–Crippen MR) is 318 cm³/mol. The molecule has 6 aromatic rings. The number of fused-ring (bicyclic) bond motifs is 1. The first-order chi connectivity index (χ1) is 41.8. The van der Waals surface area contributed by atoms with E-state index in [1.807, 2.05) is 72.4 Å². The first-order valence-electron chi connectivity index (χ1n) is 28.7. The molecule has 468 valence electrons. The number of unbranched alkanes of at least 4 members (excludes halogenated alkanes) is 6. The molecular formula is C59H72Cl2F7N11O6S. The van der Waals surface area contributed by atoms with E-state index < -0.39 is 19.9 Å². The summed E-state index contributed by atoms with van der Waals surface area (Å²) in [6.07, 6.45) is 4.46. The van der Waals surface area contributed by atoms with E-state index in [2.05, 4.69) is 53.0 Å². The Morgan fingerprint density at radius 2 is 1.14 bits per heavy atom. The van der Waals surface area contributed by atoms with Gasteiger partial charge in [-0.25, -0.2) is 14.4 Å². The number of nitrogens with one attached hydrogen (secondary N) is 3. The molecule has 2 saturated heterocycles. The van der Waals surface area contributed by atoms with E-state index in [0.29, 0.717) is 73.3 Å². The summed E-state index contributed by atoms with van der Waals surface area (Å²) in [6, 6.07) is 29.9. The molecule has 2 aliphatic heterocycles. The number of hydrogen-bond acceptors (Lipinski definition) is 11. The quantitative estimate of drug-likeness (QED) is 0.0203. The summed E-state index contributed by atoms with van der Waals surface area (Å²) < 4.78 is 100. The van der Waals surface area contributed by atoms with Crippen LogP contribution in [0.1, 0.15) is 90.1 Å². The summed E-state index contributed by atoms with van der Waals surface area (Å²) in [6.45, 7) is 4.81. The van der Waals surface area contributed by atoms with Gasteiger partial charge in [-0.15, -0.1) is 59.7 Å². The van der Waals surface area contributed by atoms with Crippen LogP contribution in [-0.4, -0.2) is 145 Å². The summed E-state index contributed by atoms with van der Waals surface area (Å²) in [5.41, 5.74) is 3.98. The highest BCUT2D eigenvalue weighted by Gasteiger charge is 2.42. The number of ether oxygens (including phenoxy) is 2. The van der Waals surface area contributed by atoms with Crippen molar-refractivity contribution in [3.8, 4) is 34.0 Å². The summed E-state index contributed by atoms with van der Waals surface area (Å²) in [7, 11) is -1.00. The zero-order valence-electron chi connectivity index (χ0n) is 48.5. The molecule has 2 aliphatic rings. The summed E-state index contributed by atoms with van der Waals surface area (Å²) in [5.74, 6) is 0.286. The first-order valence-corrected chi connectivity index (χ1v) is 30.1. The van der Waals surface area contributed by atoms with Crippen molar-refractivity contribution in [1.82, 2.24) is 55.7 Å². The number of nitrogens with zero attached hydrogens (tertiary/aromatic N) is 8. The molecule has 5 amide bonds. The fourth-order valence-corrected chi connectivity index (χ4v) is 10.8. The minimum atomic E-state index is -4.79. The van der Waals surface area contributed by atoms with E-state index in [1.54, 1.807) is 9.80 Å². The lowest BCUT2D eigenvalue weighted by Gasteiger charge is -2.22. The number of halogens is 9. The maximum Gasteiger partial charge on any atom is 0.573 e. The van der Waals surface area contributed by atoms with Crippen LogP contribution in [0.15, 0.2) is 122 Å². The Labute approximate surface area is 511 Å². The number of carbonyl (C=O) groups excluding carboxylic acids is 4. The van der Waals surface area contributed by atoms with Gasteiger partial charge in [-0.05, 0) is 111 Å². The van der Waals surface area contributed by atoms with E-state index in [4.69, 9.17) is 24.6 Å². The molecule has 0 aliphatic carbocycles. The van der Waals surface area contributed by atoms with Gasteiger partial charge in [0.15, 0.2) is 0 Å². The van der Waals surface area contributed by atoms with Crippen molar-refractivity contribution in [3.63, 3.8) is 0 Å². The molecule has 2 fully saturated rings. The van der Waals surface area contributed by atoms with Crippen LogP contribution in [0, 0.1) is 0 Å². The molecule has 3 N–H and O–H groups in total. The third kappa shape index (κ3) is 24.7. The van der Waals surface area contributed by atoms with Crippen molar-refractivity contribution in [2.45, 2.75) is 120 Å². The lowest BCUT2D eigenvalue weighted by atomic mass is 10.0. The van der Waals surface area contributed by atoms with E-state index in [-0.39, 0.29) is 52.9 Å². The smallest absolute Gasteiger partial charge is 0.406 e. The molecule has 0 saturated carbocycles. The molecule has 4 aromatic carbocycles. The molecule has 3 atom stereocenters. The fraction of sp³-hybridized carbons (Fsp3) is 0.458. The minimum Gasteiger partial charge on any atom is -0.406 e. The second-order valence-electron chi connectivity index (χ2n) is 19.7. The van der Waals surface area contributed by atoms with Crippen LogP contribution in [0.25, 0.3) is 22.5 Å². The van der Waals surface area contributed by atoms with E-state index in [9.17, 15) is 49.9 Å². The van der Waals surface area contributed by atoms with Gasteiger partial charge < -0.3 is 35.2 Å². The van der Waals surface area contributed by atoms with Crippen molar-refractivity contribution >= 4 is 59.0 Å². The number of thioether (sulfide) groups is 1. The van der Waals surface area contributed by atoms with Crippen LogP contribution in [0.2, 0.25) is 0 Å². The maximum absolute atomic E-state index is 13.5. The van der Waals surface area contributed by atoms with Crippen LogP contribution in [-0.2, 0) is 17.6 Å². The Kier molecular flexibility index (Phi) is 29.1. The van der Waals surface area contributed by atoms with Crippen molar-refractivity contribution in [3.05, 3.63) is 133 Å². The number of aromatic nitrogens is 6. The van der Waals surface area contributed by atoms with Gasteiger partial charge in [0, 0.05) is 61.3 Å². The molecule has 27 heteroatoms. The fourth-order valence-electron chi connectivity index (χ4n) is 9.27. The van der Waals surface area contributed by atoms with Crippen LogP contribution >= 0.6 is 35.0 Å². The van der Waals surface area contributed by atoms with E-state index >= 15 is 0 Å². The van der Waals surface area contributed by atoms with E-state index in [1.165, 1.54) is 65.6 Å². The van der Waals surface area contributed by atoms with Gasteiger partial charge in [0.1, 0.15) is 22.9 Å². The zero-order chi connectivity index (χ0) is 63.0. The zero-order valence-corrected chi connectivity index (χ0v) is 49.8. The molecule has 0 spiro atoms. The van der Waals surface area contributed by atoms with Crippen LogP contribution in [0.4, 0.5) is 45.1 Å². The number of amides is 5. The van der Waals surface area contributed by atoms with Gasteiger partial charge in [0.25, 0.3) is 0 Å². The molecule has 4 heterocycles. The molecule has 17 nitrogen and oxygen atoms in total. The van der Waals surface area contributed by atoms with Gasteiger partial charge in [0.05, 0.1) is 38.3 Å². The number of urea groups is 1. The average Bonchev–Trinajstić information content (AvgIpc) is 2.73. The highest BCUT2D eigenvalue weighted by atomic mass is 35.5. The molecule has 0 bridgehead atoms. The van der Waals surface area contributed by atoms with Gasteiger partial charge in [-0.2, -0.15) is 21.1 Å². The number of benzene rings is 4. The SMILES string of the molecule is CCCCCCN(CCc1ccccc1)C(=O)n1cc(-c2ccc(OC(F)(F)F)cc2)nn1.ClCCl.O=C(CCCCC1SCC2NC(=O)NC21)NCCCCCN(CCc1ccccc1)C(=O)n1cc(-c2ccc(OC(F)(F)F)cc2)nn1.[2H]CF. The van der Waals surface area contributed by atoms with Crippen molar-refractivity contribution in [2.24, 2.45) is 0 Å². The summed E-state index contributed by atoms with van der Waals surface area (Å²) in [4.78, 5) is 54.0. The Morgan fingerprint density at radius 1 is 0.674 bits per heavy atom. The first kappa shape index (κ1) is 68.0. The average molecular weight is 1270 g/mol. The molecule has 8 rings (SSSR count). The Balaban J connectivity index is 0.000000308. The molecular weight excluding hydrogens is 1190 g/mol. The van der Waals surface area contributed by atoms with Crippen LogP contribution in [0.5, 0.6) is 11.5 Å². The Morgan fingerprint density at radius 3 is 1.59 bits per heavy atom. The monoisotopic (exact) mass is 1270 g/mol. The topological polar surface area (TPSA) is 191 Å². The normalized spacial score (nSPS) is 15.2. The van der Waals surface area contributed by atoms with Gasteiger partial charge >= 0.3 is 30.8 Å². The van der Waals surface area contributed by atoms with Gasteiger partial charge in [-0.3, -0.25) is 9.18 Å². The van der Waals surface area contributed by atoms with Gasteiger partial charge in [0.2, 0.25) is 5.91 Å². The molecule has 86 heavy (non-hydrogen) atoms. The van der Waals surface area contributed by atoms with Crippen molar-refractivity contribution < 1.29 is 60.8 Å². The Bertz CT molecular complexity index is 2960. The number of rotatable bonds is 26. The minimum absolute atomic E-state index is 0.0342. The molecule has 3 unspecified atom stereocenters. The summed E-state index contributed by atoms with van der Waals surface area (Å²) >= 11 is 11.4. The standard InChI is InChI=1S/C33H40F3N7O4S.C24H27F3N4O2.CH2Cl2.CH3F/c34-33(35,36)47-25-15-13-24(14-16-25)26-21-43(41-40-26)32(46)42(20-17-23-9-3-1-4-10-23)19-8-2-7-18-37-29(44)12-6-5-11-28-30-27(22-48-28)38-31(45)39-30;1-2-3-4-8-16-30(17-15-19-9-6-5-7-10-19)23(32)31-18-22(28-29-31)20-11-13-21(14-12-20)33-24(25,26)27;2-1-3;1-2/h1,3-4,9-10,13-16,21,27-28,30H,2,5-8,11-12,17-20,22H2,(H,37,44)(H2,38,39,45);5-7,9-14,18H,2-4,8,15-17H2,1H3;1H2;1H3/i;;;1D. The lowest BCUT2D eigenvalue weighted by molar-refractivity contribution is -0.275. The van der Waals surface area contributed by atoms with Crippen molar-refractivity contribution in [2.75, 3.05) is 51.0 Å². The third-order valence-electron chi connectivity index (χ3n) is 13.5. The summed E-state index contributed by atoms with van der Waals surface area (Å²) in [5, 5.41) is 25.6. The number of alkyl halides is 9. The molecule has 2 aromatic heterocycles. The predicted octanol–water partition coefficient (Wildman–Crippen LogP) is 13.3. The second-order valence-corrected chi connectivity index (χ2v) is 21.8. The second kappa shape index (κ2) is 36.8. The largest absolute Gasteiger partial charge is 0.573 e. The molecule has 0 radical (unpaired) electrons. The maximum atomic E-state index is 13.5. The highest BCUT2D eigenvalue weighted by Crippen LogP contribution is 2.33. The lowest BCUT2D eigenvalue weighted by Crippen LogP contribution is -2.37. The van der Waals surface area contributed by atoms with Crippen LogP contribution in [0.3, 0.4) is 0 Å². The number of hydrogen-bond donors (Lipinski definition) is 3. The van der Waals surface area contributed by atoms with Crippen LogP contribution < -0.4 is 25.4 Å². The van der Waals surface area contributed by atoms with E-state index in [0.717, 1.165) is 92.2 Å². The van der Waals surface area contributed by atoms with Crippen molar-refractivity contribution in [1.29, 1.82) is 0 Å². The Hall–Kier alpha value is -7.12. The third-order valence-corrected chi connectivity index (χ3v) is 15.0.